The number of carbonyl (C=O) groups excluding carboxylic acids is 2. The fourth-order valence-corrected chi connectivity index (χ4v) is 2.33. The summed E-state index contributed by atoms with van der Waals surface area (Å²) in [6, 6.07) is 12.9. The van der Waals surface area contributed by atoms with E-state index in [0.717, 1.165) is 3.57 Å². The number of primary amides is 1. The standard InChI is InChI=1S/C15H12ClIN2O2/c16-11-8-10(6-7-12(11)17)15(21)19-13(14(18)20)9-4-2-1-3-5-9/h1-8,13H,(H2,18,20)(H,19,21)/t13-/m0/s1. The average Bonchev–Trinajstić information content (AvgIpc) is 2.48. The van der Waals surface area contributed by atoms with Crippen LogP contribution in [-0.2, 0) is 4.79 Å². The van der Waals surface area contributed by atoms with Crippen LogP contribution in [0.15, 0.2) is 48.5 Å². The van der Waals surface area contributed by atoms with E-state index in [9.17, 15) is 9.59 Å². The Morgan fingerprint density at radius 1 is 1.14 bits per heavy atom. The second-order valence-electron chi connectivity index (χ2n) is 4.35. The van der Waals surface area contributed by atoms with Gasteiger partial charge in [-0.1, -0.05) is 41.9 Å². The first-order valence-electron chi connectivity index (χ1n) is 6.09. The molecular weight excluding hydrogens is 403 g/mol. The number of hydrogen-bond donors (Lipinski definition) is 2. The highest BCUT2D eigenvalue weighted by molar-refractivity contribution is 14.1. The molecule has 0 aromatic heterocycles. The lowest BCUT2D eigenvalue weighted by molar-refractivity contribution is -0.120. The van der Waals surface area contributed by atoms with Gasteiger partial charge in [0.05, 0.1) is 5.02 Å². The Labute approximate surface area is 140 Å². The van der Waals surface area contributed by atoms with Crippen molar-refractivity contribution < 1.29 is 9.59 Å². The van der Waals surface area contributed by atoms with Crippen molar-refractivity contribution >= 4 is 46.0 Å². The third kappa shape index (κ3) is 3.95. The van der Waals surface area contributed by atoms with Crippen LogP contribution in [0.4, 0.5) is 0 Å². The van der Waals surface area contributed by atoms with E-state index in [1.165, 1.54) is 0 Å². The van der Waals surface area contributed by atoms with E-state index in [1.54, 1.807) is 42.5 Å². The molecule has 0 saturated heterocycles. The van der Waals surface area contributed by atoms with E-state index in [-0.39, 0.29) is 0 Å². The number of benzene rings is 2. The molecule has 0 bridgehead atoms. The van der Waals surface area contributed by atoms with Gasteiger partial charge in [0, 0.05) is 9.13 Å². The molecule has 6 heteroatoms. The summed E-state index contributed by atoms with van der Waals surface area (Å²) in [4.78, 5) is 23.8. The minimum atomic E-state index is -0.878. The van der Waals surface area contributed by atoms with Gasteiger partial charge in [0.25, 0.3) is 5.91 Å². The van der Waals surface area contributed by atoms with Crippen molar-refractivity contribution in [2.24, 2.45) is 5.73 Å². The van der Waals surface area contributed by atoms with E-state index in [4.69, 9.17) is 17.3 Å². The summed E-state index contributed by atoms with van der Waals surface area (Å²) in [6.07, 6.45) is 0. The Morgan fingerprint density at radius 2 is 1.81 bits per heavy atom. The van der Waals surface area contributed by atoms with E-state index >= 15 is 0 Å². The van der Waals surface area contributed by atoms with Crippen LogP contribution in [0.3, 0.4) is 0 Å². The number of rotatable bonds is 4. The molecule has 2 aromatic rings. The highest BCUT2D eigenvalue weighted by Gasteiger charge is 2.20. The third-order valence-corrected chi connectivity index (χ3v) is 4.45. The van der Waals surface area contributed by atoms with Gasteiger partial charge in [0.15, 0.2) is 0 Å². The molecule has 2 rings (SSSR count). The summed E-state index contributed by atoms with van der Waals surface area (Å²) >= 11 is 8.07. The highest BCUT2D eigenvalue weighted by atomic mass is 127. The molecule has 0 saturated carbocycles. The second kappa shape index (κ2) is 6.91. The Balaban J connectivity index is 2.23. The van der Waals surface area contributed by atoms with Gasteiger partial charge < -0.3 is 11.1 Å². The van der Waals surface area contributed by atoms with Gasteiger partial charge >= 0.3 is 0 Å². The van der Waals surface area contributed by atoms with E-state index < -0.39 is 17.9 Å². The van der Waals surface area contributed by atoms with Crippen molar-refractivity contribution in [3.05, 3.63) is 68.3 Å². The predicted octanol–water partition coefficient (Wildman–Crippen LogP) is 2.90. The lowest BCUT2D eigenvalue weighted by Crippen LogP contribution is -2.37. The summed E-state index contributed by atoms with van der Waals surface area (Å²) in [7, 11) is 0. The lowest BCUT2D eigenvalue weighted by Gasteiger charge is -2.16. The summed E-state index contributed by atoms with van der Waals surface area (Å²) in [5, 5.41) is 3.11. The van der Waals surface area contributed by atoms with E-state index in [1.807, 2.05) is 6.07 Å². The zero-order valence-electron chi connectivity index (χ0n) is 10.8. The van der Waals surface area contributed by atoms with Gasteiger partial charge in [-0.15, -0.1) is 0 Å². The van der Waals surface area contributed by atoms with Crippen LogP contribution in [0.2, 0.25) is 5.02 Å². The molecule has 0 spiro atoms. The molecule has 0 fully saturated rings. The maximum Gasteiger partial charge on any atom is 0.252 e. The molecule has 21 heavy (non-hydrogen) atoms. The number of halogens is 2. The van der Waals surface area contributed by atoms with Crippen LogP contribution in [0.1, 0.15) is 22.0 Å². The molecule has 3 N–H and O–H groups in total. The Kier molecular flexibility index (Phi) is 5.19. The molecule has 1 atom stereocenters. The molecule has 2 aromatic carbocycles. The fraction of sp³-hybridized carbons (Fsp3) is 0.0667. The first-order chi connectivity index (χ1) is 9.99. The quantitative estimate of drug-likeness (QED) is 0.755. The van der Waals surface area contributed by atoms with Gasteiger partial charge in [0.2, 0.25) is 5.91 Å². The molecule has 4 nitrogen and oxygen atoms in total. The molecule has 0 aliphatic heterocycles. The van der Waals surface area contributed by atoms with E-state index in [2.05, 4.69) is 27.9 Å². The number of hydrogen-bond acceptors (Lipinski definition) is 2. The zero-order valence-corrected chi connectivity index (χ0v) is 13.8. The predicted molar refractivity (Wildman–Crippen MR) is 90.0 cm³/mol. The minimum absolute atomic E-state index is 0.377. The van der Waals surface area contributed by atoms with Gasteiger partial charge in [-0.05, 0) is 46.4 Å². The van der Waals surface area contributed by atoms with Gasteiger partial charge in [-0.2, -0.15) is 0 Å². The van der Waals surface area contributed by atoms with Crippen LogP contribution in [-0.4, -0.2) is 11.8 Å². The van der Waals surface area contributed by atoms with Crippen LogP contribution in [0.5, 0.6) is 0 Å². The first-order valence-corrected chi connectivity index (χ1v) is 7.55. The molecule has 108 valence electrons. The van der Waals surface area contributed by atoms with Crippen molar-refractivity contribution in [2.75, 3.05) is 0 Å². The third-order valence-electron chi connectivity index (χ3n) is 2.87. The molecule has 0 aliphatic carbocycles. The van der Waals surface area contributed by atoms with Crippen LogP contribution in [0, 0.1) is 3.57 Å². The smallest absolute Gasteiger partial charge is 0.252 e. The summed E-state index contributed by atoms with van der Waals surface area (Å²) in [6.45, 7) is 0. The molecule has 0 radical (unpaired) electrons. The van der Waals surface area contributed by atoms with Crippen molar-refractivity contribution in [1.82, 2.24) is 5.32 Å². The van der Waals surface area contributed by atoms with Gasteiger partial charge in [-0.3, -0.25) is 9.59 Å². The fourth-order valence-electron chi connectivity index (χ4n) is 1.82. The van der Waals surface area contributed by atoms with Crippen molar-refractivity contribution in [1.29, 1.82) is 0 Å². The highest BCUT2D eigenvalue weighted by Crippen LogP contribution is 2.20. The van der Waals surface area contributed by atoms with Crippen molar-refractivity contribution in [2.45, 2.75) is 6.04 Å². The molecule has 0 heterocycles. The van der Waals surface area contributed by atoms with E-state index in [0.29, 0.717) is 16.1 Å². The number of nitrogens with one attached hydrogen (secondary N) is 1. The van der Waals surface area contributed by atoms with Crippen molar-refractivity contribution in [3.8, 4) is 0 Å². The molecule has 0 unspecified atom stereocenters. The van der Waals surface area contributed by atoms with Crippen LogP contribution in [0.25, 0.3) is 0 Å². The monoisotopic (exact) mass is 414 g/mol. The molecule has 2 amide bonds. The zero-order chi connectivity index (χ0) is 15.4. The number of carbonyl (C=O) groups is 2. The Hall–Kier alpha value is -1.60. The maximum atomic E-state index is 12.2. The second-order valence-corrected chi connectivity index (χ2v) is 5.92. The van der Waals surface area contributed by atoms with Crippen LogP contribution < -0.4 is 11.1 Å². The number of amides is 2. The average molecular weight is 415 g/mol. The normalized spacial score (nSPS) is 11.7. The van der Waals surface area contributed by atoms with Crippen LogP contribution >= 0.6 is 34.2 Å². The Bertz CT molecular complexity index is 677. The minimum Gasteiger partial charge on any atom is -0.368 e. The largest absolute Gasteiger partial charge is 0.368 e. The first kappa shape index (κ1) is 15.8. The lowest BCUT2D eigenvalue weighted by atomic mass is 10.1. The molecule has 0 aliphatic rings. The maximum absolute atomic E-state index is 12.2. The molecular formula is C15H12ClIN2O2. The topological polar surface area (TPSA) is 72.2 Å². The summed E-state index contributed by atoms with van der Waals surface area (Å²) < 4.78 is 0.848. The number of nitrogens with two attached hydrogens (primary N) is 1. The summed E-state index contributed by atoms with van der Waals surface area (Å²) in [5.74, 6) is -1.02. The summed E-state index contributed by atoms with van der Waals surface area (Å²) in [5.41, 5.74) is 6.38. The van der Waals surface area contributed by atoms with Gasteiger partial charge in [0.1, 0.15) is 6.04 Å². The SMILES string of the molecule is NC(=O)[C@@H](NC(=O)c1ccc(I)c(Cl)c1)c1ccccc1. The van der Waals surface area contributed by atoms with Crippen molar-refractivity contribution in [3.63, 3.8) is 0 Å². The Morgan fingerprint density at radius 3 is 2.38 bits per heavy atom. The van der Waals surface area contributed by atoms with Gasteiger partial charge in [-0.25, -0.2) is 0 Å².